The highest BCUT2D eigenvalue weighted by Crippen LogP contribution is 2.28. The molecule has 0 amide bonds. The minimum atomic E-state index is -3.01. The SMILES string of the molecule is Cc1nc(N)nc(N(Cc2ccccn2)C2CCS(=O)(=O)C2)c1C. The first kappa shape index (κ1) is 16.6. The van der Waals surface area contributed by atoms with E-state index in [0.29, 0.717) is 18.8 Å². The predicted molar refractivity (Wildman–Crippen MR) is 93.4 cm³/mol. The first-order chi connectivity index (χ1) is 11.4. The van der Waals surface area contributed by atoms with E-state index in [-0.39, 0.29) is 23.5 Å². The second kappa shape index (κ2) is 6.35. The highest BCUT2D eigenvalue weighted by molar-refractivity contribution is 7.91. The van der Waals surface area contributed by atoms with E-state index in [0.717, 1.165) is 17.0 Å². The molecular formula is C16H21N5O2S. The zero-order chi connectivity index (χ0) is 17.3. The molecule has 7 nitrogen and oxygen atoms in total. The number of pyridine rings is 1. The van der Waals surface area contributed by atoms with Gasteiger partial charge in [0.2, 0.25) is 5.95 Å². The van der Waals surface area contributed by atoms with Crippen molar-refractivity contribution >= 4 is 21.6 Å². The zero-order valence-corrected chi connectivity index (χ0v) is 14.6. The van der Waals surface area contributed by atoms with Crippen molar-refractivity contribution < 1.29 is 8.42 Å². The summed E-state index contributed by atoms with van der Waals surface area (Å²) in [6, 6.07) is 5.55. The van der Waals surface area contributed by atoms with Crippen LogP contribution in [0.2, 0.25) is 0 Å². The molecule has 24 heavy (non-hydrogen) atoms. The highest BCUT2D eigenvalue weighted by atomic mass is 32.2. The zero-order valence-electron chi connectivity index (χ0n) is 13.8. The number of hydrogen-bond donors (Lipinski definition) is 1. The summed E-state index contributed by atoms with van der Waals surface area (Å²) in [5.41, 5.74) is 8.39. The molecule has 0 radical (unpaired) electrons. The van der Waals surface area contributed by atoms with Crippen LogP contribution < -0.4 is 10.6 Å². The Balaban J connectivity index is 2.02. The largest absolute Gasteiger partial charge is 0.368 e. The number of hydrogen-bond acceptors (Lipinski definition) is 7. The third kappa shape index (κ3) is 3.48. The summed E-state index contributed by atoms with van der Waals surface area (Å²) in [5, 5.41) is 0. The molecule has 3 rings (SSSR count). The maximum atomic E-state index is 11.9. The fourth-order valence-electron chi connectivity index (χ4n) is 2.98. The van der Waals surface area contributed by atoms with Crippen LogP contribution in [0.5, 0.6) is 0 Å². The summed E-state index contributed by atoms with van der Waals surface area (Å²) in [7, 11) is -3.01. The molecule has 0 bridgehead atoms. The van der Waals surface area contributed by atoms with Crippen molar-refractivity contribution in [3.63, 3.8) is 0 Å². The second-order valence-corrected chi connectivity index (χ2v) is 8.35. The summed E-state index contributed by atoms with van der Waals surface area (Å²) in [6.07, 6.45) is 2.31. The molecule has 0 saturated carbocycles. The van der Waals surface area contributed by atoms with E-state index in [2.05, 4.69) is 15.0 Å². The highest BCUT2D eigenvalue weighted by Gasteiger charge is 2.34. The van der Waals surface area contributed by atoms with Crippen LogP contribution in [-0.2, 0) is 16.4 Å². The van der Waals surface area contributed by atoms with Crippen LogP contribution in [0, 0.1) is 13.8 Å². The van der Waals surface area contributed by atoms with Gasteiger partial charge >= 0.3 is 0 Å². The Labute approximate surface area is 141 Å². The maximum absolute atomic E-state index is 11.9. The van der Waals surface area contributed by atoms with Gasteiger partial charge in [0.25, 0.3) is 0 Å². The number of nitrogens with two attached hydrogens (primary N) is 1. The van der Waals surface area contributed by atoms with Gasteiger partial charge in [-0.3, -0.25) is 4.98 Å². The summed E-state index contributed by atoms with van der Waals surface area (Å²) in [6.45, 7) is 4.29. The van der Waals surface area contributed by atoms with Crippen LogP contribution >= 0.6 is 0 Å². The Morgan fingerprint density at radius 1 is 1.29 bits per heavy atom. The van der Waals surface area contributed by atoms with Crippen molar-refractivity contribution in [3.8, 4) is 0 Å². The van der Waals surface area contributed by atoms with Crippen LogP contribution in [0.3, 0.4) is 0 Å². The monoisotopic (exact) mass is 347 g/mol. The normalized spacial score (nSPS) is 19.3. The lowest BCUT2D eigenvalue weighted by atomic mass is 10.1. The van der Waals surface area contributed by atoms with E-state index >= 15 is 0 Å². The Morgan fingerprint density at radius 2 is 2.08 bits per heavy atom. The van der Waals surface area contributed by atoms with Gasteiger partial charge in [0, 0.05) is 23.5 Å². The molecule has 3 heterocycles. The molecule has 2 aromatic rings. The van der Waals surface area contributed by atoms with Gasteiger partial charge in [-0.05, 0) is 32.4 Å². The van der Waals surface area contributed by atoms with Crippen molar-refractivity contribution in [2.24, 2.45) is 0 Å². The number of aryl methyl sites for hydroxylation is 1. The lowest BCUT2D eigenvalue weighted by Gasteiger charge is -2.30. The molecule has 8 heteroatoms. The second-order valence-electron chi connectivity index (χ2n) is 6.12. The molecule has 128 valence electrons. The standard InChI is InChI=1S/C16H21N5O2S/c1-11-12(2)19-16(17)20-15(11)21(9-13-5-3-4-7-18-13)14-6-8-24(22,23)10-14/h3-5,7,14H,6,8-10H2,1-2H3,(H2,17,19,20). The minimum absolute atomic E-state index is 0.127. The van der Waals surface area contributed by atoms with Gasteiger partial charge in [-0.25, -0.2) is 13.4 Å². The van der Waals surface area contributed by atoms with Crippen molar-refractivity contribution in [2.45, 2.75) is 32.9 Å². The molecule has 0 aliphatic carbocycles. The number of anilines is 2. The van der Waals surface area contributed by atoms with Crippen LogP contribution in [0.1, 0.15) is 23.4 Å². The minimum Gasteiger partial charge on any atom is -0.368 e. The van der Waals surface area contributed by atoms with E-state index in [1.165, 1.54) is 0 Å². The first-order valence-electron chi connectivity index (χ1n) is 7.83. The molecule has 1 aliphatic rings. The Bertz CT molecular complexity index is 839. The van der Waals surface area contributed by atoms with Gasteiger partial charge in [0.1, 0.15) is 5.82 Å². The number of nitrogen functional groups attached to an aromatic ring is 1. The lowest BCUT2D eigenvalue weighted by molar-refractivity contribution is 0.597. The predicted octanol–water partition coefficient (Wildman–Crippen LogP) is 1.26. The Hall–Kier alpha value is -2.22. The van der Waals surface area contributed by atoms with Crippen molar-refractivity contribution in [2.75, 3.05) is 22.1 Å². The molecule has 1 atom stereocenters. The van der Waals surface area contributed by atoms with E-state index in [4.69, 9.17) is 5.73 Å². The van der Waals surface area contributed by atoms with Crippen molar-refractivity contribution in [1.29, 1.82) is 0 Å². The Kier molecular flexibility index (Phi) is 4.40. The van der Waals surface area contributed by atoms with E-state index in [1.54, 1.807) is 6.20 Å². The van der Waals surface area contributed by atoms with Crippen molar-refractivity contribution in [3.05, 3.63) is 41.3 Å². The number of rotatable bonds is 4. The van der Waals surface area contributed by atoms with Gasteiger partial charge in [-0.2, -0.15) is 4.98 Å². The molecule has 0 aromatic carbocycles. The first-order valence-corrected chi connectivity index (χ1v) is 9.65. The molecule has 1 aliphatic heterocycles. The van der Waals surface area contributed by atoms with Crippen LogP contribution in [0.4, 0.5) is 11.8 Å². The van der Waals surface area contributed by atoms with Gasteiger partial charge < -0.3 is 10.6 Å². The quantitative estimate of drug-likeness (QED) is 0.888. The fraction of sp³-hybridized carbons (Fsp3) is 0.438. The topological polar surface area (TPSA) is 102 Å². The summed E-state index contributed by atoms with van der Waals surface area (Å²) in [5.74, 6) is 1.21. The summed E-state index contributed by atoms with van der Waals surface area (Å²) in [4.78, 5) is 14.9. The molecular weight excluding hydrogens is 326 g/mol. The van der Waals surface area contributed by atoms with Crippen LogP contribution in [0.15, 0.2) is 24.4 Å². The van der Waals surface area contributed by atoms with Gasteiger partial charge in [-0.15, -0.1) is 0 Å². The van der Waals surface area contributed by atoms with Gasteiger partial charge in [0.15, 0.2) is 9.84 Å². The van der Waals surface area contributed by atoms with Crippen LogP contribution in [0.25, 0.3) is 0 Å². The average Bonchev–Trinajstić information content (AvgIpc) is 2.89. The smallest absolute Gasteiger partial charge is 0.222 e. The fourth-order valence-corrected chi connectivity index (χ4v) is 4.71. The number of nitrogens with zero attached hydrogens (tertiary/aromatic N) is 4. The molecule has 1 saturated heterocycles. The third-order valence-electron chi connectivity index (χ3n) is 4.36. The molecule has 0 spiro atoms. The molecule has 2 N–H and O–H groups in total. The Morgan fingerprint density at radius 3 is 2.71 bits per heavy atom. The summed E-state index contributed by atoms with van der Waals surface area (Å²) < 4.78 is 23.9. The number of sulfone groups is 1. The molecule has 1 unspecified atom stereocenters. The van der Waals surface area contributed by atoms with E-state index in [9.17, 15) is 8.42 Å². The molecule has 2 aromatic heterocycles. The van der Waals surface area contributed by atoms with Gasteiger partial charge in [-0.1, -0.05) is 6.07 Å². The lowest BCUT2D eigenvalue weighted by Crippen LogP contribution is -2.37. The third-order valence-corrected chi connectivity index (χ3v) is 6.11. The average molecular weight is 347 g/mol. The number of aromatic nitrogens is 3. The molecule has 1 fully saturated rings. The summed E-state index contributed by atoms with van der Waals surface area (Å²) >= 11 is 0. The maximum Gasteiger partial charge on any atom is 0.222 e. The van der Waals surface area contributed by atoms with Gasteiger partial charge in [0.05, 0.1) is 23.7 Å². The van der Waals surface area contributed by atoms with E-state index < -0.39 is 9.84 Å². The van der Waals surface area contributed by atoms with Crippen LogP contribution in [-0.4, -0.2) is 40.9 Å². The van der Waals surface area contributed by atoms with E-state index in [1.807, 2.05) is 36.9 Å². The van der Waals surface area contributed by atoms with Crippen molar-refractivity contribution in [1.82, 2.24) is 15.0 Å².